The van der Waals surface area contributed by atoms with Crippen molar-refractivity contribution >= 4 is 12.4 Å². The van der Waals surface area contributed by atoms with Gasteiger partial charge in [-0.25, -0.2) is 0 Å². The van der Waals surface area contributed by atoms with E-state index in [0.717, 1.165) is 37.9 Å². The first kappa shape index (κ1) is 18.2. The summed E-state index contributed by atoms with van der Waals surface area (Å²) in [5.41, 5.74) is 1.10. The summed E-state index contributed by atoms with van der Waals surface area (Å²) in [4.78, 5) is 2.41. The lowest BCUT2D eigenvalue weighted by atomic mass is 9.78. The Balaban J connectivity index is 0.00000192. The van der Waals surface area contributed by atoms with Gasteiger partial charge in [-0.05, 0) is 56.0 Å². The van der Waals surface area contributed by atoms with Gasteiger partial charge in [0.25, 0.3) is 0 Å². The Morgan fingerprint density at radius 3 is 2.04 bits per heavy atom. The predicted molar refractivity (Wildman–Crippen MR) is 91.1 cm³/mol. The van der Waals surface area contributed by atoms with Crippen molar-refractivity contribution in [3.63, 3.8) is 0 Å². The molecule has 0 radical (unpaired) electrons. The van der Waals surface area contributed by atoms with Crippen molar-refractivity contribution in [3.05, 3.63) is 17.7 Å². The third kappa shape index (κ3) is 3.37. The fourth-order valence-corrected chi connectivity index (χ4v) is 3.87. The van der Waals surface area contributed by atoms with Gasteiger partial charge in [0.05, 0.1) is 27.4 Å². The molecular weight excluding hydrogens is 318 g/mol. The molecule has 0 aromatic heterocycles. The first-order chi connectivity index (χ1) is 10.7. The van der Waals surface area contributed by atoms with E-state index in [1.165, 1.54) is 0 Å². The lowest BCUT2D eigenvalue weighted by molar-refractivity contribution is -0.0715. The number of ether oxygens (including phenoxy) is 3. The monoisotopic (exact) mass is 343 g/mol. The lowest BCUT2D eigenvalue weighted by Crippen LogP contribution is -2.58. The molecule has 4 rings (SSSR count). The molecule has 3 saturated heterocycles. The van der Waals surface area contributed by atoms with Crippen LogP contribution in [0.15, 0.2) is 12.1 Å². The lowest BCUT2D eigenvalue weighted by Gasteiger charge is -2.49. The van der Waals surface area contributed by atoms with Crippen LogP contribution in [-0.2, 0) is 6.42 Å². The molecule has 2 atom stereocenters. The Labute approximate surface area is 143 Å². The number of fused-ring (bicyclic) bond motifs is 3. The van der Waals surface area contributed by atoms with Gasteiger partial charge < -0.3 is 19.3 Å². The number of hydrogen-bond donors (Lipinski definition) is 1. The molecular formula is C17H26ClNO4. The Kier molecular flexibility index (Phi) is 6.00. The number of rotatable bonds is 5. The van der Waals surface area contributed by atoms with Crippen LogP contribution in [0.3, 0.4) is 0 Å². The molecule has 2 bridgehead atoms. The van der Waals surface area contributed by atoms with E-state index in [0.29, 0.717) is 23.2 Å². The topological polar surface area (TPSA) is 51.2 Å². The summed E-state index contributed by atoms with van der Waals surface area (Å²) in [6.07, 6.45) is 2.80. The number of piperidine rings is 3. The van der Waals surface area contributed by atoms with Gasteiger partial charge >= 0.3 is 0 Å². The highest BCUT2D eigenvalue weighted by atomic mass is 35.5. The number of aliphatic hydroxyl groups excluding tert-OH is 1. The fraction of sp³-hybridized carbons (Fsp3) is 0.647. The summed E-state index contributed by atoms with van der Waals surface area (Å²) in [6.45, 7) is 2.19. The molecule has 0 saturated carbocycles. The van der Waals surface area contributed by atoms with E-state index in [-0.39, 0.29) is 24.6 Å². The predicted octanol–water partition coefficient (Wildman–Crippen LogP) is 2.13. The van der Waals surface area contributed by atoms with Gasteiger partial charge in [0.2, 0.25) is 5.75 Å². The van der Waals surface area contributed by atoms with Crippen molar-refractivity contribution in [2.45, 2.75) is 31.4 Å². The molecule has 0 amide bonds. The second-order valence-corrected chi connectivity index (χ2v) is 6.17. The standard InChI is InChI=1S/C17H25NO4.ClH/c1-20-14-9-11(10-15(21-2)17(14)22-3)8-13-16(19)12-4-6-18(13)7-5-12;/h9-10,12-13,16,19H,4-8H2,1-3H3;1H. The molecule has 0 spiro atoms. The largest absolute Gasteiger partial charge is 0.493 e. The second kappa shape index (κ2) is 7.60. The molecule has 0 aliphatic carbocycles. The van der Waals surface area contributed by atoms with Gasteiger partial charge in [0, 0.05) is 6.04 Å². The molecule has 1 N–H and O–H groups in total. The Hall–Kier alpha value is -1.17. The minimum absolute atomic E-state index is 0. The first-order valence-corrected chi connectivity index (χ1v) is 7.89. The van der Waals surface area contributed by atoms with Crippen molar-refractivity contribution in [1.82, 2.24) is 4.90 Å². The van der Waals surface area contributed by atoms with Crippen molar-refractivity contribution in [3.8, 4) is 17.2 Å². The number of nitrogens with zero attached hydrogens (tertiary/aromatic N) is 1. The van der Waals surface area contributed by atoms with Crippen molar-refractivity contribution in [2.75, 3.05) is 34.4 Å². The maximum Gasteiger partial charge on any atom is 0.203 e. The molecule has 23 heavy (non-hydrogen) atoms. The smallest absolute Gasteiger partial charge is 0.203 e. The molecule has 130 valence electrons. The maximum absolute atomic E-state index is 10.5. The molecule has 2 unspecified atom stereocenters. The van der Waals surface area contributed by atoms with Gasteiger partial charge in [-0.1, -0.05) is 0 Å². The zero-order valence-corrected chi connectivity index (χ0v) is 14.8. The molecule has 1 aromatic carbocycles. The molecule has 5 nitrogen and oxygen atoms in total. The van der Waals surface area contributed by atoms with Crippen LogP contribution in [0, 0.1) is 5.92 Å². The third-order valence-electron chi connectivity index (χ3n) is 5.09. The molecule has 3 heterocycles. The molecule has 6 heteroatoms. The highest BCUT2D eigenvalue weighted by Gasteiger charge is 2.41. The summed E-state index contributed by atoms with van der Waals surface area (Å²) >= 11 is 0. The van der Waals surface area contributed by atoms with E-state index in [4.69, 9.17) is 14.2 Å². The van der Waals surface area contributed by atoms with Gasteiger partial charge in [-0.15, -0.1) is 12.4 Å². The summed E-state index contributed by atoms with van der Waals surface area (Å²) in [7, 11) is 4.86. The van der Waals surface area contributed by atoms with E-state index < -0.39 is 0 Å². The average molecular weight is 344 g/mol. The fourth-order valence-electron chi connectivity index (χ4n) is 3.87. The van der Waals surface area contributed by atoms with Crippen LogP contribution < -0.4 is 14.2 Å². The van der Waals surface area contributed by atoms with E-state index in [2.05, 4.69) is 4.90 Å². The molecule has 1 aromatic rings. The number of methoxy groups -OCH3 is 3. The van der Waals surface area contributed by atoms with Crippen LogP contribution in [-0.4, -0.2) is 56.6 Å². The second-order valence-electron chi connectivity index (χ2n) is 6.17. The molecule has 3 aliphatic heterocycles. The number of benzene rings is 1. The number of hydrogen-bond acceptors (Lipinski definition) is 5. The normalized spacial score (nSPS) is 28.9. The number of halogens is 1. The number of aliphatic hydroxyl groups is 1. The van der Waals surface area contributed by atoms with Crippen LogP contribution in [0.5, 0.6) is 17.2 Å². The summed E-state index contributed by atoms with van der Waals surface area (Å²) in [5.74, 6) is 2.40. The van der Waals surface area contributed by atoms with E-state index >= 15 is 0 Å². The average Bonchev–Trinajstić information content (AvgIpc) is 2.57. The van der Waals surface area contributed by atoms with Crippen LogP contribution in [0.25, 0.3) is 0 Å². The molecule has 3 fully saturated rings. The van der Waals surface area contributed by atoms with Crippen molar-refractivity contribution < 1.29 is 19.3 Å². The van der Waals surface area contributed by atoms with Gasteiger partial charge in [-0.3, -0.25) is 4.90 Å². The van der Waals surface area contributed by atoms with Crippen LogP contribution in [0.1, 0.15) is 18.4 Å². The maximum atomic E-state index is 10.5. The van der Waals surface area contributed by atoms with Gasteiger partial charge in [0.1, 0.15) is 0 Å². The van der Waals surface area contributed by atoms with Gasteiger partial charge in [-0.2, -0.15) is 0 Å². The quantitative estimate of drug-likeness (QED) is 0.887. The summed E-state index contributed by atoms with van der Waals surface area (Å²) in [6, 6.07) is 4.16. The van der Waals surface area contributed by atoms with E-state index in [1.54, 1.807) is 21.3 Å². The zero-order valence-electron chi connectivity index (χ0n) is 13.9. The minimum Gasteiger partial charge on any atom is -0.493 e. The Morgan fingerprint density at radius 2 is 1.61 bits per heavy atom. The van der Waals surface area contributed by atoms with Crippen molar-refractivity contribution in [1.29, 1.82) is 0 Å². The van der Waals surface area contributed by atoms with Crippen LogP contribution in [0.4, 0.5) is 0 Å². The van der Waals surface area contributed by atoms with Gasteiger partial charge in [0.15, 0.2) is 11.5 Å². The zero-order chi connectivity index (χ0) is 15.7. The summed E-state index contributed by atoms with van der Waals surface area (Å²) in [5, 5.41) is 10.5. The highest BCUT2D eigenvalue weighted by Crippen LogP contribution is 2.40. The Morgan fingerprint density at radius 1 is 1.04 bits per heavy atom. The minimum atomic E-state index is -0.235. The van der Waals surface area contributed by atoms with Crippen LogP contribution >= 0.6 is 12.4 Å². The highest BCUT2D eigenvalue weighted by molar-refractivity contribution is 5.85. The Bertz CT molecular complexity index is 504. The third-order valence-corrected chi connectivity index (χ3v) is 5.09. The summed E-state index contributed by atoms with van der Waals surface area (Å²) < 4.78 is 16.2. The SMILES string of the molecule is COc1cc(CC2C(O)C3CCN2CC3)cc(OC)c1OC.Cl. The van der Waals surface area contributed by atoms with Crippen LogP contribution in [0.2, 0.25) is 0 Å². The molecule has 3 aliphatic rings. The van der Waals surface area contributed by atoms with Crippen molar-refractivity contribution in [2.24, 2.45) is 5.92 Å². The van der Waals surface area contributed by atoms with E-state index in [9.17, 15) is 5.11 Å². The first-order valence-electron chi connectivity index (χ1n) is 7.89. The van der Waals surface area contributed by atoms with E-state index in [1.807, 2.05) is 12.1 Å².